The highest BCUT2D eigenvalue weighted by Crippen LogP contribution is 2.30. The highest BCUT2D eigenvalue weighted by Gasteiger charge is 2.40. The maximum atomic E-state index is 13.3. The number of aldehydes is 1. The lowest BCUT2D eigenvalue weighted by Gasteiger charge is -2.39. The number of carbonyl (C=O) groups excluding carboxylic acids is 3. The summed E-state index contributed by atoms with van der Waals surface area (Å²) in [6, 6.07) is 6.27. The van der Waals surface area contributed by atoms with Crippen molar-refractivity contribution in [2.24, 2.45) is 11.3 Å². The summed E-state index contributed by atoms with van der Waals surface area (Å²) < 4.78 is 0. The summed E-state index contributed by atoms with van der Waals surface area (Å²) >= 11 is 0. The van der Waals surface area contributed by atoms with E-state index >= 15 is 0 Å². The second-order valence-corrected chi connectivity index (χ2v) is 9.46. The lowest BCUT2D eigenvalue weighted by molar-refractivity contribution is -0.143. The van der Waals surface area contributed by atoms with Gasteiger partial charge in [0.25, 0.3) is 0 Å². The van der Waals surface area contributed by atoms with Gasteiger partial charge in [0, 0.05) is 13.6 Å². The maximum absolute atomic E-state index is 13.3. The van der Waals surface area contributed by atoms with Gasteiger partial charge in [0.1, 0.15) is 18.4 Å². The van der Waals surface area contributed by atoms with Crippen molar-refractivity contribution in [3.8, 4) is 0 Å². The molecule has 0 saturated carbocycles. The molecule has 0 fully saturated rings. The number of hydrogen-bond acceptors (Lipinski definition) is 4. The summed E-state index contributed by atoms with van der Waals surface area (Å²) in [6.45, 7) is 10.4. The van der Waals surface area contributed by atoms with Crippen molar-refractivity contribution in [1.82, 2.24) is 15.1 Å². The fourth-order valence-corrected chi connectivity index (χ4v) is 3.95. The van der Waals surface area contributed by atoms with Crippen LogP contribution in [0.25, 0.3) is 0 Å². The van der Waals surface area contributed by atoms with Crippen LogP contribution in [0.4, 0.5) is 0 Å². The molecule has 6 heteroatoms. The number of fused-ring (bicyclic) bond motifs is 1. The number of nitrogens with one attached hydrogen (secondary N) is 1. The second kappa shape index (κ2) is 9.08. The van der Waals surface area contributed by atoms with Crippen LogP contribution < -0.4 is 5.32 Å². The van der Waals surface area contributed by atoms with Crippen LogP contribution in [0.3, 0.4) is 0 Å². The van der Waals surface area contributed by atoms with Gasteiger partial charge in [-0.2, -0.15) is 0 Å². The Morgan fingerprint density at radius 3 is 2.41 bits per heavy atom. The van der Waals surface area contributed by atoms with Crippen molar-refractivity contribution in [2.45, 2.75) is 59.2 Å². The zero-order chi connectivity index (χ0) is 21.9. The molecule has 0 spiro atoms. The number of amides is 2. The maximum Gasteiger partial charge on any atom is 0.246 e. The van der Waals surface area contributed by atoms with Crippen LogP contribution in [0.2, 0.25) is 0 Å². The van der Waals surface area contributed by atoms with Crippen molar-refractivity contribution in [1.29, 1.82) is 0 Å². The first-order valence-electron chi connectivity index (χ1n) is 10.3. The van der Waals surface area contributed by atoms with E-state index < -0.39 is 23.5 Å². The third-order valence-electron chi connectivity index (χ3n) is 5.79. The first-order valence-corrected chi connectivity index (χ1v) is 10.3. The average molecular weight is 402 g/mol. The van der Waals surface area contributed by atoms with Gasteiger partial charge >= 0.3 is 0 Å². The monoisotopic (exact) mass is 401 g/mol. The Morgan fingerprint density at radius 1 is 1.24 bits per heavy atom. The van der Waals surface area contributed by atoms with E-state index in [0.717, 1.165) is 24.8 Å². The minimum absolute atomic E-state index is 0.00544. The largest absolute Gasteiger partial charge is 0.342 e. The van der Waals surface area contributed by atoms with Gasteiger partial charge in [-0.3, -0.25) is 14.5 Å². The zero-order valence-corrected chi connectivity index (χ0v) is 18.7. The quantitative estimate of drug-likeness (QED) is 0.744. The average Bonchev–Trinajstić information content (AvgIpc) is 2.64. The molecule has 0 saturated heterocycles. The molecule has 0 bridgehead atoms. The van der Waals surface area contributed by atoms with E-state index in [1.54, 1.807) is 7.05 Å². The number of likely N-dealkylation sites (N-methyl/N-ethyl adjacent to an activating group) is 2. The Balaban J connectivity index is 2.30. The first-order chi connectivity index (χ1) is 13.5. The van der Waals surface area contributed by atoms with E-state index in [-0.39, 0.29) is 17.7 Å². The van der Waals surface area contributed by atoms with Gasteiger partial charge in [0.15, 0.2) is 0 Å². The van der Waals surface area contributed by atoms with Crippen LogP contribution in [0.15, 0.2) is 24.3 Å². The lowest BCUT2D eigenvalue weighted by Crippen LogP contribution is -2.58. The normalized spacial score (nSPS) is 19.2. The molecule has 29 heavy (non-hydrogen) atoms. The van der Waals surface area contributed by atoms with E-state index in [1.807, 2.05) is 64.8 Å². The molecule has 1 aliphatic rings. The molecular formula is C23H35N3O3. The fraction of sp³-hybridized carbons (Fsp3) is 0.609. The Hall–Kier alpha value is -2.21. The molecule has 0 aliphatic carbocycles. The third-order valence-corrected chi connectivity index (χ3v) is 5.79. The standard InChI is InChI=1S/C23H35N3O3/c1-15(2)18(14-27)26(7)22(29)20(23(3,4)5)24-21(28)19-17-11-9-8-10-16(17)12-13-25(19)6/h8-11,14-15,18-20H,12-13H2,1-7H3,(H,24,28)/t18-,19?,20-/m1/s1. The Labute approximate surface area is 174 Å². The zero-order valence-electron chi connectivity index (χ0n) is 18.7. The van der Waals surface area contributed by atoms with Crippen molar-refractivity contribution in [3.63, 3.8) is 0 Å². The molecule has 1 aromatic rings. The predicted octanol–water partition coefficient (Wildman–Crippen LogP) is 2.43. The summed E-state index contributed by atoms with van der Waals surface area (Å²) in [7, 11) is 3.57. The van der Waals surface area contributed by atoms with E-state index in [9.17, 15) is 14.4 Å². The van der Waals surface area contributed by atoms with E-state index in [1.165, 1.54) is 10.5 Å². The Bertz CT molecular complexity index is 754. The fourth-order valence-electron chi connectivity index (χ4n) is 3.95. The van der Waals surface area contributed by atoms with Gasteiger partial charge in [-0.1, -0.05) is 58.9 Å². The predicted molar refractivity (Wildman–Crippen MR) is 114 cm³/mol. The van der Waals surface area contributed by atoms with Crippen LogP contribution >= 0.6 is 0 Å². The molecule has 1 N–H and O–H groups in total. The highest BCUT2D eigenvalue weighted by atomic mass is 16.2. The van der Waals surface area contributed by atoms with Crippen LogP contribution in [-0.4, -0.2) is 60.6 Å². The van der Waals surface area contributed by atoms with Crippen LogP contribution in [0, 0.1) is 11.3 Å². The van der Waals surface area contributed by atoms with Crippen molar-refractivity contribution in [2.75, 3.05) is 20.6 Å². The van der Waals surface area contributed by atoms with E-state index in [0.29, 0.717) is 0 Å². The third kappa shape index (κ3) is 5.04. The van der Waals surface area contributed by atoms with E-state index in [2.05, 4.69) is 11.4 Å². The SMILES string of the molecule is CC(C)[C@@H](C=O)N(C)C(=O)[C@@H](NC(=O)C1c2ccccc2CCN1C)C(C)(C)C. The molecule has 2 rings (SSSR count). The Kier molecular flexibility index (Phi) is 7.22. The van der Waals surface area contributed by atoms with E-state index in [4.69, 9.17) is 0 Å². The number of benzene rings is 1. The molecule has 2 amide bonds. The van der Waals surface area contributed by atoms with Gasteiger partial charge < -0.3 is 15.0 Å². The molecule has 0 aromatic heterocycles. The molecule has 1 unspecified atom stereocenters. The smallest absolute Gasteiger partial charge is 0.246 e. The summed E-state index contributed by atoms with van der Waals surface area (Å²) in [4.78, 5) is 41.6. The van der Waals surface area contributed by atoms with Gasteiger partial charge in [-0.25, -0.2) is 0 Å². The molecule has 160 valence electrons. The number of carbonyl (C=O) groups is 3. The molecule has 1 heterocycles. The van der Waals surface area contributed by atoms with Gasteiger partial charge in [-0.15, -0.1) is 0 Å². The first kappa shape index (κ1) is 23.1. The highest BCUT2D eigenvalue weighted by molar-refractivity contribution is 5.92. The second-order valence-electron chi connectivity index (χ2n) is 9.46. The molecule has 6 nitrogen and oxygen atoms in total. The van der Waals surface area contributed by atoms with Crippen molar-refractivity contribution < 1.29 is 14.4 Å². The molecule has 3 atom stereocenters. The number of hydrogen-bond donors (Lipinski definition) is 1. The molecular weight excluding hydrogens is 366 g/mol. The molecule has 1 aliphatic heterocycles. The van der Waals surface area contributed by atoms with Crippen molar-refractivity contribution >= 4 is 18.1 Å². The summed E-state index contributed by atoms with van der Waals surface area (Å²) in [5.74, 6) is -0.439. The van der Waals surface area contributed by atoms with Crippen LogP contribution in [-0.2, 0) is 20.8 Å². The van der Waals surface area contributed by atoms with Gasteiger partial charge in [0.2, 0.25) is 11.8 Å². The topological polar surface area (TPSA) is 69.7 Å². The molecule has 0 radical (unpaired) electrons. The van der Waals surface area contributed by atoms with Gasteiger partial charge in [-0.05, 0) is 35.9 Å². The Morgan fingerprint density at radius 2 is 1.86 bits per heavy atom. The van der Waals surface area contributed by atoms with Crippen molar-refractivity contribution in [3.05, 3.63) is 35.4 Å². The lowest BCUT2D eigenvalue weighted by atomic mass is 9.84. The summed E-state index contributed by atoms with van der Waals surface area (Å²) in [5, 5.41) is 3.01. The number of nitrogens with zero attached hydrogens (tertiary/aromatic N) is 2. The minimum Gasteiger partial charge on any atom is -0.342 e. The summed E-state index contributed by atoms with van der Waals surface area (Å²) in [5.41, 5.74) is 1.65. The van der Waals surface area contributed by atoms with Crippen LogP contribution in [0.5, 0.6) is 0 Å². The minimum atomic E-state index is -0.733. The number of rotatable bonds is 6. The molecule has 1 aromatic carbocycles. The summed E-state index contributed by atoms with van der Waals surface area (Å²) in [6.07, 6.45) is 1.70. The van der Waals surface area contributed by atoms with Crippen LogP contribution in [0.1, 0.15) is 51.8 Å². The van der Waals surface area contributed by atoms with Gasteiger partial charge in [0.05, 0.1) is 6.04 Å².